The molecule has 0 amide bonds. The van der Waals surface area contributed by atoms with Crippen molar-refractivity contribution in [1.29, 1.82) is 0 Å². The van der Waals surface area contributed by atoms with Gasteiger partial charge in [0.1, 0.15) is 5.56 Å². The van der Waals surface area contributed by atoms with Gasteiger partial charge in [-0.25, -0.2) is 4.79 Å². The number of esters is 1. The molecule has 0 aliphatic carbocycles. The number of carbonyl (C=O) groups is 1. The normalized spacial score (nSPS) is 16.3. The van der Waals surface area contributed by atoms with Gasteiger partial charge in [-0.2, -0.15) is 0 Å². The van der Waals surface area contributed by atoms with Crippen LogP contribution in [0.15, 0.2) is 42.7 Å². The van der Waals surface area contributed by atoms with E-state index in [1.54, 1.807) is 20.2 Å². The second kappa shape index (κ2) is 9.85. The van der Waals surface area contributed by atoms with Crippen LogP contribution in [0.5, 0.6) is 0 Å². The zero-order chi connectivity index (χ0) is 21.6. The van der Waals surface area contributed by atoms with Crippen LogP contribution >= 0.6 is 0 Å². The summed E-state index contributed by atoms with van der Waals surface area (Å²) in [6.45, 7) is 3.96. The zero-order valence-electron chi connectivity index (χ0n) is 17.9. The van der Waals surface area contributed by atoms with Gasteiger partial charge in [0.2, 0.25) is 0 Å². The van der Waals surface area contributed by atoms with Crippen molar-refractivity contribution in [1.82, 2.24) is 9.97 Å². The summed E-state index contributed by atoms with van der Waals surface area (Å²) in [4.78, 5) is 21.6. The Hall–Kier alpha value is -3.03. The lowest BCUT2D eigenvalue weighted by Gasteiger charge is -2.26. The molecule has 31 heavy (non-hydrogen) atoms. The maximum atomic E-state index is 12.6. The summed E-state index contributed by atoms with van der Waals surface area (Å²) >= 11 is 0. The molecule has 7 nitrogen and oxygen atoms in total. The van der Waals surface area contributed by atoms with Crippen molar-refractivity contribution in [2.75, 3.05) is 32.2 Å². The second-order valence-electron chi connectivity index (χ2n) is 7.53. The Morgan fingerprint density at radius 1 is 1.19 bits per heavy atom. The van der Waals surface area contributed by atoms with Crippen LogP contribution in [-0.2, 0) is 20.8 Å². The van der Waals surface area contributed by atoms with Crippen molar-refractivity contribution in [3.05, 3.63) is 54.0 Å². The molecule has 2 aromatic heterocycles. The summed E-state index contributed by atoms with van der Waals surface area (Å²) in [5, 5.41) is 4.41. The number of hydrogen-bond acceptors (Lipinski definition) is 7. The molecule has 1 aliphatic rings. The summed E-state index contributed by atoms with van der Waals surface area (Å²) < 4.78 is 16.1. The van der Waals surface area contributed by atoms with Gasteiger partial charge in [-0.1, -0.05) is 12.1 Å². The molecule has 0 radical (unpaired) electrons. The van der Waals surface area contributed by atoms with Crippen LogP contribution in [0.3, 0.4) is 0 Å². The van der Waals surface area contributed by atoms with E-state index in [0.717, 1.165) is 52.9 Å². The average molecular weight is 421 g/mol. The summed E-state index contributed by atoms with van der Waals surface area (Å²) in [6, 6.07) is 10.1. The predicted molar refractivity (Wildman–Crippen MR) is 119 cm³/mol. The SMILES string of the molecule is CCOC(=O)c1cnc2ccc(-c3ccc(COC)nc3)cc2c1N[C@H]1CCCOC1. The van der Waals surface area contributed by atoms with Crippen LogP contribution in [0.4, 0.5) is 5.69 Å². The Kier molecular flexibility index (Phi) is 6.74. The molecule has 1 fully saturated rings. The number of pyridine rings is 2. The van der Waals surface area contributed by atoms with Crippen molar-refractivity contribution in [2.24, 2.45) is 0 Å². The molecule has 0 saturated carbocycles. The molecule has 1 aromatic carbocycles. The predicted octanol–water partition coefficient (Wildman–Crippen LogP) is 4.21. The first kappa shape index (κ1) is 21.2. The standard InChI is InChI=1S/C24H27N3O4/c1-3-31-24(28)21-13-26-22-9-7-16(17-6-8-18(14-29-2)25-12-17)11-20(22)23(21)27-19-5-4-10-30-15-19/h6-9,11-13,19H,3-5,10,14-15H2,1-2H3,(H,26,27)/t19-/m0/s1. The topological polar surface area (TPSA) is 82.6 Å². The monoisotopic (exact) mass is 421 g/mol. The molecule has 1 saturated heterocycles. The van der Waals surface area contributed by atoms with Crippen LogP contribution in [0, 0.1) is 0 Å². The van der Waals surface area contributed by atoms with Crippen molar-refractivity contribution < 1.29 is 19.0 Å². The maximum Gasteiger partial charge on any atom is 0.341 e. The van der Waals surface area contributed by atoms with E-state index in [2.05, 4.69) is 15.3 Å². The minimum Gasteiger partial charge on any atom is -0.462 e. The minimum absolute atomic E-state index is 0.131. The van der Waals surface area contributed by atoms with Gasteiger partial charge in [0.25, 0.3) is 0 Å². The van der Waals surface area contributed by atoms with E-state index < -0.39 is 0 Å². The van der Waals surface area contributed by atoms with E-state index in [1.807, 2.05) is 36.5 Å². The van der Waals surface area contributed by atoms with E-state index in [4.69, 9.17) is 14.2 Å². The van der Waals surface area contributed by atoms with Crippen LogP contribution in [0.25, 0.3) is 22.0 Å². The molecule has 0 spiro atoms. The number of benzene rings is 1. The minimum atomic E-state index is -0.382. The number of fused-ring (bicyclic) bond motifs is 1. The van der Waals surface area contributed by atoms with Crippen LogP contribution < -0.4 is 5.32 Å². The fourth-order valence-corrected chi connectivity index (χ4v) is 3.78. The van der Waals surface area contributed by atoms with Gasteiger partial charge in [-0.15, -0.1) is 0 Å². The number of rotatable bonds is 7. The first-order valence-corrected chi connectivity index (χ1v) is 10.6. The molecule has 0 bridgehead atoms. The summed E-state index contributed by atoms with van der Waals surface area (Å²) in [6.07, 6.45) is 5.39. The fourth-order valence-electron chi connectivity index (χ4n) is 3.78. The lowest BCUT2D eigenvalue weighted by atomic mass is 10.0. The third-order valence-electron chi connectivity index (χ3n) is 5.32. The highest BCUT2D eigenvalue weighted by atomic mass is 16.5. The largest absolute Gasteiger partial charge is 0.462 e. The number of methoxy groups -OCH3 is 1. The van der Waals surface area contributed by atoms with Crippen molar-refractivity contribution in [2.45, 2.75) is 32.4 Å². The molecule has 7 heteroatoms. The van der Waals surface area contributed by atoms with Gasteiger partial charge in [0.05, 0.1) is 36.7 Å². The van der Waals surface area contributed by atoms with E-state index in [-0.39, 0.29) is 12.0 Å². The number of anilines is 1. The third kappa shape index (κ3) is 4.84. The quantitative estimate of drug-likeness (QED) is 0.572. The number of nitrogens with zero attached hydrogens (tertiary/aromatic N) is 2. The Morgan fingerprint density at radius 3 is 2.77 bits per heavy atom. The number of hydrogen-bond donors (Lipinski definition) is 1. The van der Waals surface area contributed by atoms with E-state index in [9.17, 15) is 4.79 Å². The smallest absolute Gasteiger partial charge is 0.341 e. The molecule has 3 aromatic rings. The van der Waals surface area contributed by atoms with Crippen molar-refractivity contribution in [3.63, 3.8) is 0 Å². The number of aromatic nitrogens is 2. The molecule has 162 valence electrons. The molecular weight excluding hydrogens is 394 g/mol. The summed E-state index contributed by atoms with van der Waals surface area (Å²) in [7, 11) is 1.65. The van der Waals surface area contributed by atoms with Crippen LogP contribution in [-0.4, -0.2) is 48.9 Å². The Morgan fingerprint density at radius 2 is 2.06 bits per heavy atom. The van der Waals surface area contributed by atoms with Gasteiger partial charge in [0.15, 0.2) is 0 Å². The van der Waals surface area contributed by atoms with E-state index >= 15 is 0 Å². The molecule has 3 heterocycles. The number of nitrogens with one attached hydrogen (secondary N) is 1. The highest BCUT2D eigenvalue weighted by Gasteiger charge is 2.21. The lowest BCUT2D eigenvalue weighted by Crippen LogP contribution is -2.31. The molecule has 1 N–H and O–H groups in total. The first-order chi connectivity index (χ1) is 15.2. The Labute approximate surface area is 181 Å². The van der Waals surface area contributed by atoms with Gasteiger partial charge < -0.3 is 19.5 Å². The van der Waals surface area contributed by atoms with Crippen molar-refractivity contribution >= 4 is 22.6 Å². The van der Waals surface area contributed by atoms with Crippen LogP contribution in [0.2, 0.25) is 0 Å². The first-order valence-electron chi connectivity index (χ1n) is 10.6. The van der Waals surface area contributed by atoms with Crippen molar-refractivity contribution in [3.8, 4) is 11.1 Å². The van der Waals surface area contributed by atoms with Gasteiger partial charge >= 0.3 is 5.97 Å². The zero-order valence-corrected chi connectivity index (χ0v) is 17.9. The number of ether oxygens (including phenoxy) is 3. The molecule has 1 atom stereocenters. The Bertz CT molecular complexity index is 1050. The summed E-state index contributed by atoms with van der Waals surface area (Å²) in [5.41, 5.74) is 4.83. The van der Waals surface area contributed by atoms with Gasteiger partial charge in [-0.3, -0.25) is 9.97 Å². The average Bonchev–Trinajstić information content (AvgIpc) is 2.80. The van der Waals surface area contributed by atoms with Crippen LogP contribution in [0.1, 0.15) is 35.8 Å². The summed E-state index contributed by atoms with van der Waals surface area (Å²) in [5.74, 6) is -0.382. The molecule has 4 rings (SSSR count). The number of carbonyl (C=O) groups excluding carboxylic acids is 1. The third-order valence-corrected chi connectivity index (χ3v) is 5.32. The molecule has 1 aliphatic heterocycles. The molecule has 0 unspecified atom stereocenters. The highest BCUT2D eigenvalue weighted by Crippen LogP contribution is 2.32. The Balaban J connectivity index is 1.77. The lowest BCUT2D eigenvalue weighted by molar-refractivity contribution is 0.0526. The second-order valence-corrected chi connectivity index (χ2v) is 7.53. The fraction of sp³-hybridized carbons (Fsp3) is 0.375. The van der Waals surface area contributed by atoms with Gasteiger partial charge in [-0.05, 0) is 43.5 Å². The molecular formula is C24H27N3O4. The maximum absolute atomic E-state index is 12.6. The van der Waals surface area contributed by atoms with Gasteiger partial charge in [0, 0.05) is 43.1 Å². The van der Waals surface area contributed by atoms with E-state index in [1.165, 1.54) is 0 Å². The van der Waals surface area contributed by atoms with E-state index in [0.29, 0.717) is 25.4 Å². The highest BCUT2D eigenvalue weighted by molar-refractivity contribution is 6.06.